The predicted molar refractivity (Wildman–Crippen MR) is 106 cm³/mol. The van der Waals surface area contributed by atoms with Crippen molar-refractivity contribution < 1.29 is 14.0 Å². The average Bonchev–Trinajstić information content (AvgIpc) is 3.35. The molecule has 1 aromatic heterocycles. The quantitative estimate of drug-likeness (QED) is 0.621. The molecule has 6 heteroatoms. The molecule has 0 spiro atoms. The van der Waals surface area contributed by atoms with Gasteiger partial charge in [-0.2, -0.15) is 0 Å². The highest BCUT2D eigenvalue weighted by Crippen LogP contribution is 2.23. The monoisotopic (exact) mass is 377 g/mol. The van der Waals surface area contributed by atoms with E-state index in [1.807, 2.05) is 13.0 Å². The first-order valence-corrected chi connectivity index (χ1v) is 9.17. The second-order valence-corrected chi connectivity index (χ2v) is 7.02. The summed E-state index contributed by atoms with van der Waals surface area (Å²) in [5, 5.41) is 5.80. The maximum absolute atomic E-state index is 13.1. The fraction of sp³-hybridized carbons (Fsp3) is 0.182. The summed E-state index contributed by atoms with van der Waals surface area (Å²) in [5.74, 6) is -0.748. The van der Waals surface area contributed by atoms with Crippen LogP contribution in [0, 0.1) is 12.7 Å². The molecule has 4 rings (SSSR count). The standard InChI is InChI=1S/C22H20FN3O2/c1-13-2-3-15(21(27)24-17-8-9-17)12-20(13)26-22(28)19-11-10-18(25-19)14-4-6-16(23)7-5-14/h2-7,10-12,17,25H,8-9H2,1H3,(H,24,27)(H,26,28). The van der Waals surface area contributed by atoms with Crippen LogP contribution in [0.3, 0.4) is 0 Å². The van der Waals surface area contributed by atoms with Crippen LogP contribution in [0.5, 0.6) is 0 Å². The molecule has 1 heterocycles. The van der Waals surface area contributed by atoms with Crippen molar-refractivity contribution in [2.24, 2.45) is 0 Å². The van der Waals surface area contributed by atoms with Crippen LogP contribution in [0.4, 0.5) is 10.1 Å². The number of benzene rings is 2. The first-order valence-electron chi connectivity index (χ1n) is 9.17. The van der Waals surface area contributed by atoms with Crippen molar-refractivity contribution in [3.05, 3.63) is 77.2 Å². The normalized spacial score (nSPS) is 13.2. The summed E-state index contributed by atoms with van der Waals surface area (Å²) < 4.78 is 13.1. The van der Waals surface area contributed by atoms with Crippen LogP contribution in [0.2, 0.25) is 0 Å². The summed E-state index contributed by atoms with van der Waals surface area (Å²) in [6.45, 7) is 1.87. The van der Waals surface area contributed by atoms with Gasteiger partial charge in [-0.1, -0.05) is 6.07 Å². The molecule has 1 fully saturated rings. The van der Waals surface area contributed by atoms with Crippen molar-refractivity contribution in [2.75, 3.05) is 5.32 Å². The second kappa shape index (κ2) is 7.31. The number of aromatic amines is 1. The van der Waals surface area contributed by atoms with Crippen LogP contribution in [-0.2, 0) is 0 Å². The zero-order valence-electron chi connectivity index (χ0n) is 15.4. The van der Waals surface area contributed by atoms with E-state index in [4.69, 9.17) is 0 Å². The fourth-order valence-corrected chi connectivity index (χ4v) is 2.91. The zero-order valence-corrected chi connectivity index (χ0v) is 15.4. The minimum Gasteiger partial charge on any atom is -0.351 e. The molecule has 3 N–H and O–H groups in total. The Morgan fingerprint density at radius 1 is 1.00 bits per heavy atom. The minimum absolute atomic E-state index is 0.128. The molecule has 1 aliphatic rings. The Kier molecular flexibility index (Phi) is 4.69. The summed E-state index contributed by atoms with van der Waals surface area (Å²) in [4.78, 5) is 27.9. The Morgan fingerprint density at radius 2 is 1.75 bits per heavy atom. The van der Waals surface area contributed by atoms with Crippen LogP contribution < -0.4 is 10.6 Å². The van der Waals surface area contributed by atoms with Gasteiger partial charge in [0.05, 0.1) is 0 Å². The Labute approximate surface area is 162 Å². The maximum Gasteiger partial charge on any atom is 0.272 e. The number of hydrogen-bond acceptors (Lipinski definition) is 2. The van der Waals surface area contributed by atoms with Gasteiger partial charge in [0.1, 0.15) is 11.5 Å². The molecular formula is C22H20FN3O2. The fourth-order valence-electron chi connectivity index (χ4n) is 2.91. The molecular weight excluding hydrogens is 357 g/mol. The molecule has 0 bridgehead atoms. The maximum atomic E-state index is 13.1. The van der Waals surface area contributed by atoms with E-state index in [-0.39, 0.29) is 23.7 Å². The molecule has 0 saturated heterocycles. The highest BCUT2D eigenvalue weighted by Gasteiger charge is 2.24. The van der Waals surface area contributed by atoms with Crippen molar-refractivity contribution >= 4 is 17.5 Å². The molecule has 0 aliphatic heterocycles. The van der Waals surface area contributed by atoms with Crippen LogP contribution >= 0.6 is 0 Å². The number of H-pyrrole nitrogens is 1. The smallest absolute Gasteiger partial charge is 0.272 e. The van der Waals surface area contributed by atoms with Crippen LogP contribution in [0.25, 0.3) is 11.3 Å². The van der Waals surface area contributed by atoms with Crippen LogP contribution in [0.1, 0.15) is 39.3 Å². The molecule has 2 aromatic carbocycles. The van der Waals surface area contributed by atoms with E-state index in [2.05, 4.69) is 15.6 Å². The molecule has 0 radical (unpaired) electrons. The predicted octanol–water partition coefficient (Wildman–Crippen LogP) is 4.27. The first-order chi connectivity index (χ1) is 13.5. The Hall–Kier alpha value is -3.41. The zero-order chi connectivity index (χ0) is 19.7. The summed E-state index contributed by atoms with van der Waals surface area (Å²) in [7, 11) is 0. The number of rotatable bonds is 5. The summed E-state index contributed by atoms with van der Waals surface area (Å²) in [6.07, 6.45) is 2.04. The van der Waals surface area contributed by atoms with E-state index in [0.717, 1.165) is 29.7 Å². The number of anilines is 1. The average molecular weight is 377 g/mol. The lowest BCUT2D eigenvalue weighted by Gasteiger charge is -2.10. The number of nitrogens with one attached hydrogen (secondary N) is 3. The van der Waals surface area contributed by atoms with E-state index in [9.17, 15) is 14.0 Å². The number of carbonyl (C=O) groups is 2. The second-order valence-electron chi connectivity index (χ2n) is 7.02. The van der Waals surface area contributed by atoms with Gasteiger partial charge in [0.15, 0.2) is 0 Å². The van der Waals surface area contributed by atoms with Crippen LogP contribution in [0.15, 0.2) is 54.6 Å². The van der Waals surface area contributed by atoms with Gasteiger partial charge in [0, 0.05) is 23.0 Å². The van der Waals surface area contributed by atoms with Crippen molar-refractivity contribution in [3.8, 4) is 11.3 Å². The highest BCUT2D eigenvalue weighted by atomic mass is 19.1. The Bertz CT molecular complexity index is 1040. The van der Waals surface area contributed by atoms with Gasteiger partial charge in [-0.25, -0.2) is 4.39 Å². The van der Waals surface area contributed by atoms with E-state index in [1.54, 1.807) is 36.4 Å². The summed E-state index contributed by atoms with van der Waals surface area (Å²) >= 11 is 0. The van der Waals surface area contributed by atoms with Gasteiger partial charge < -0.3 is 15.6 Å². The number of halogens is 1. The third-order valence-electron chi connectivity index (χ3n) is 4.75. The molecule has 2 amide bonds. The lowest BCUT2D eigenvalue weighted by molar-refractivity contribution is 0.0949. The lowest BCUT2D eigenvalue weighted by atomic mass is 10.1. The minimum atomic E-state index is -0.311. The number of aryl methyl sites for hydroxylation is 1. The van der Waals surface area contributed by atoms with Gasteiger partial charge >= 0.3 is 0 Å². The number of aromatic nitrogens is 1. The van der Waals surface area contributed by atoms with Gasteiger partial charge in [0.25, 0.3) is 11.8 Å². The molecule has 1 saturated carbocycles. The highest BCUT2D eigenvalue weighted by molar-refractivity contribution is 6.05. The largest absolute Gasteiger partial charge is 0.351 e. The van der Waals surface area contributed by atoms with Crippen molar-refractivity contribution in [1.82, 2.24) is 10.3 Å². The molecule has 0 atom stereocenters. The van der Waals surface area contributed by atoms with Gasteiger partial charge in [-0.15, -0.1) is 0 Å². The Morgan fingerprint density at radius 3 is 2.46 bits per heavy atom. The van der Waals surface area contributed by atoms with E-state index in [0.29, 0.717) is 16.9 Å². The van der Waals surface area contributed by atoms with Gasteiger partial charge in [-0.3, -0.25) is 9.59 Å². The molecule has 142 valence electrons. The van der Waals surface area contributed by atoms with Crippen LogP contribution in [-0.4, -0.2) is 22.8 Å². The van der Waals surface area contributed by atoms with Gasteiger partial charge in [0.2, 0.25) is 0 Å². The number of carbonyl (C=O) groups excluding carboxylic acids is 2. The SMILES string of the molecule is Cc1ccc(C(=O)NC2CC2)cc1NC(=O)c1ccc(-c2ccc(F)cc2)[nH]1. The van der Waals surface area contributed by atoms with Gasteiger partial charge in [-0.05, 0) is 79.4 Å². The summed E-state index contributed by atoms with van der Waals surface area (Å²) in [5.41, 5.74) is 3.86. The molecule has 1 aliphatic carbocycles. The van der Waals surface area contributed by atoms with E-state index >= 15 is 0 Å². The van der Waals surface area contributed by atoms with E-state index in [1.165, 1.54) is 12.1 Å². The first kappa shape index (κ1) is 18.0. The third-order valence-corrected chi connectivity index (χ3v) is 4.75. The van der Waals surface area contributed by atoms with Crippen molar-refractivity contribution in [2.45, 2.75) is 25.8 Å². The summed E-state index contributed by atoms with van der Waals surface area (Å²) in [6, 6.07) is 15.0. The Balaban J connectivity index is 1.50. The molecule has 0 unspecified atom stereocenters. The molecule has 28 heavy (non-hydrogen) atoms. The third kappa shape index (κ3) is 3.96. The topological polar surface area (TPSA) is 74.0 Å². The molecule has 5 nitrogen and oxygen atoms in total. The van der Waals surface area contributed by atoms with E-state index < -0.39 is 0 Å². The van der Waals surface area contributed by atoms with Crippen molar-refractivity contribution in [1.29, 1.82) is 0 Å². The van der Waals surface area contributed by atoms with Crippen molar-refractivity contribution in [3.63, 3.8) is 0 Å². The molecule has 3 aromatic rings. The number of hydrogen-bond donors (Lipinski definition) is 3. The lowest BCUT2D eigenvalue weighted by Crippen LogP contribution is -2.25. The number of amides is 2.